The Morgan fingerprint density at radius 1 is 1.32 bits per heavy atom. The molecule has 2 heterocycles. The summed E-state index contributed by atoms with van der Waals surface area (Å²) in [6.07, 6.45) is 3.24. The number of rotatable bonds is 6. The van der Waals surface area contributed by atoms with Crippen LogP contribution in [-0.2, 0) is 13.2 Å². The van der Waals surface area contributed by atoms with Crippen molar-refractivity contribution >= 4 is 12.2 Å². The summed E-state index contributed by atoms with van der Waals surface area (Å²) in [7, 11) is 1.65. The Labute approximate surface area is 153 Å². The lowest BCUT2D eigenvalue weighted by atomic mass is 10.1. The summed E-state index contributed by atoms with van der Waals surface area (Å²) in [5.74, 6) is 1.63. The number of hydrogen-bond acceptors (Lipinski definition) is 5. The number of methoxy groups -OCH3 is 1. The van der Waals surface area contributed by atoms with Gasteiger partial charge in [0.1, 0.15) is 5.75 Å². The van der Waals surface area contributed by atoms with Crippen molar-refractivity contribution in [2.45, 2.75) is 32.2 Å². The predicted octanol–water partition coefficient (Wildman–Crippen LogP) is 2.69. The van der Waals surface area contributed by atoms with Gasteiger partial charge in [-0.2, -0.15) is 5.10 Å². The van der Waals surface area contributed by atoms with Gasteiger partial charge in [-0.3, -0.25) is 9.47 Å². The molecule has 0 unspecified atom stereocenters. The van der Waals surface area contributed by atoms with E-state index in [4.69, 9.17) is 22.1 Å². The van der Waals surface area contributed by atoms with E-state index < -0.39 is 0 Å². The van der Waals surface area contributed by atoms with Crippen LogP contribution in [0.4, 0.5) is 0 Å². The molecule has 0 bridgehead atoms. The number of nitrogens with zero attached hydrogens (tertiary/aromatic N) is 4. The third kappa shape index (κ3) is 4.00. The van der Waals surface area contributed by atoms with Gasteiger partial charge in [0.15, 0.2) is 10.6 Å². The van der Waals surface area contributed by atoms with E-state index in [1.54, 1.807) is 7.11 Å². The van der Waals surface area contributed by atoms with Gasteiger partial charge in [-0.25, -0.2) is 4.68 Å². The van der Waals surface area contributed by atoms with Crippen molar-refractivity contribution in [3.05, 3.63) is 41.7 Å². The highest BCUT2D eigenvalue weighted by atomic mass is 32.1. The van der Waals surface area contributed by atoms with Gasteiger partial charge in [-0.05, 0) is 49.3 Å². The summed E-state index contributed by atoms with van der Waals surface area (Å²) in [5.41, 5.74) is 0.988. The Morgan fingerprint density at radius 3 is 2.60 bits per heavy atom. The zero-order chi connectivity index (χ0) is 17.8. The largest absolute Gasteiger partial charge is 0.497 e. The molecule has 6 nitrogen and oxygen atoms in total. The van der Waals surface area contributed by atoms with Crippen LogP contribution >= 0.6 is 12.2 Å². The highest BCUT2D eigenvalue weighted by Crippen LogP contribution is 2.22. The number of aliphatic hydroxyl groups is 1. The third-order valence-corrected chi connectivity index (χ3v) is 4.90. The van der Waals surface area contributed by atoms with Crippen LogP contribution in [0.5, 0.6) is 5.75 Å². The fraction of sp³-hybridized carbons (Fsp3) is 0.444. The van der Waals surface area contributed by atoms with Crippen LogP contribution in [0.1, 0.15) is 12.8 Å². The average molecular weight is 360 g/mol. The molecule has 1 aromatic carbocycles. The van der Waals surface area contributed by atoms with E-state index in [1.165, 1.54) is 0 Å². The molecule has 0 atom stereocenters. The number of hydrogen-bond donors (Lipinski definition) is 1. The minimum Gasteiger partial charge on any atom is -0.497 e. The summed E-state index contributed by atoms with van der Waals surface area (Å²) in [4.78, 5) is 2.27. The average Bonchev–Trinajstić information content (AvgIpc) is 2.94. The van der Waals surface area contributed by atoms with Crippen LogP contribution in [0, 0.1) is 4.77 Å². The van der Waals surface area contributed by atoms with Gasteiger partial charge in [-0.1, -0.05) is 6.08 Å². The monoisotopic (exact) mass is 360 g/mol. The molecular weight excluding hydrogens is 336 g/mol. The van der Waals surface area contributed by atoms with Gasteiger partial charge in [0.2, 0.25) is 0 Å². The Balaban J connectivity index is 1.89. The molecule has 0 spiro atoms. The van der Waals surface area contributed by atoms with E-state index in [0.29, 0.717) is 18.0 Å². The van der Waals surface area contributed by atoms with Crippen molar-refractivity contribution in [1.29, 1.82) is 0 Å². The maximum Gasteiger partial charge on any atom is 0.199 e. The lowest BCUT2D eigenvalue weighted by Crippen LogP contribution is -2.37. The Bertz CT molecular complexity index is 773. The Hall–Kier alpha value is -1.96. The van der Waals surface area contributed by atoms with Crippen molar-refractivity contribution in [3.63, 3.8) is 0 Å². The van der Waals surface area contributed by atoms with Crippen LogP contribution in [-0.4, -0.2) is 50.7 Å². The lowest BCUT2D eigenvalue weighted by Gasteiger charge is -2.28. The maximum atomic E-state index is 9.66. The first kappa shape index (κ1) is 17.8. The molecule has 25 heavy (non-hydrogen) atoms. The van der Waals surface area contributed by atoms with Gasteiger partial charge in [-0.15, -0.1) is 6.58 Å². The number of ether oxygens (including phenoxy) is 1. The number of allylic oxidation sites excluding steroid dienone is 1. The SMILES string of the molecule is C=CCn1c(-c2ccc(OC)cc2)nn(CN2CCC(O)CC2)c1=S. The molecule has 1 aromatic heterocycles. The van der Waals surface area contributed by atoms with Gasteiger partial charge in [0.25, 0.3) is 0 Å². The van der Waals surface area contributed by atoms with Gasteiger partial charge in [0.05, 0.1) is 19.9 Å². The van der Waals surface area contributed by atoms with Crippen molar-refractivity contribution in [2.75, 3.05) is 20.2 Å². The molecule has 0 saturated carbocycles. The first-order valence-corrected chi connectivity index (χ1v) is 8.86. The van der Waals surface area contributed by atoms with Crippen molar-refractivity contribution in [3.8, 4) is 17.1 Å². The van der Waals surface area contributed by atoms with E-state index >= 15 is 0 Å². The molecule has 1 aliphatic heterocycles. The second-order valence-electron chi connectivity index (χ2n) is 6.22. The normalized spacial score (nSPS) is 16.1. The zero-order valence-electron chi connectivity index (χ0n) is 14.5. The molecule has 134 valence electrons. The lowest BCUT2D eigenvalue weighted by molar-refractivity contribution is 0.0650. The molecule has 0 radical (unpaired) electrons. The molecular formula is C18H24N4O2S. The summed E-state index contributed by atoms with van der Waals surface area (Å²) in [5, 5.41) is 14.4. The minimum atomic E-state index is -0.183. The molecule has 7 heteroatoms. The fourth-order valence-corrected chi connectivity index (χ4v) is 3.29. The minimum absolute atomic E-state index is 0.183. The Kier molecular flexibility index (Phi) is 5.67. The maximum absolute atomic E-state index is 9.66. The smallest absolute Gasteiger partial charge is 0.199 e. The molecule has 2 aromatic rings. The van der Waals surface area contributed by atoms with Crippen molar-refractivity contribution < 1.29 is 9.84 Å². The van der Waals surface area contributed by atoms with E-state index in [2.05, 4.69) is 11.5 Å². The van der Waals surface area contributed by atoms with Crippen LogP contribution in [0.15, 0.2) is 36.9 Å². The molecule has 0 aliphatic carbocycles. The highest BCUT2D eigenvalue weighted by molar-refractivity contribution is 7.71. The molecule has 1 N–H and O–H groups in total. The highest BCUT2D eigenvalue weighted by Gasteiger charge is 2.19. The zero-order valence-corrected chi connectivity index (χ0v) is 15.3. The number of aromatic nitrogens is 3. The molecule has 0 amide bonds. The quantitative estimate of drug-likeness (QED) is 0.634. The Morgan fingerprint density at radius 2 is 2.00 bits per heavy atom. The predicted molar refractivity (Wildman–Crippen MR) is 100 cm³/mol. The van der Waals surface area contributed by atoms with E-state index in [-0.39, 0.29) is 6.10 Å². The number of piperidine rings is 1. The summed E-state index contributed by atoms with van der Waals surface area (Å²) in [6.45, 7) is 6.79. The topological polar surface area (TPSA) is 55.5 Å². The standard InChI is InChI=1S/C18H24N4O2S/c1-3-10-21-17(14-4-6-16(24-2)7-5-14)19-22(18(21)25)13-20-11-8-15(23)9-12-20/h3-7,15,23H,1,8-13H2,2H3. The number of benzene rings is 1. The van der Waals surface area contributed by atoms with Crippen LogP contribution in [0.2, 0.25) is 0 Å². The first-order valence-electron chi connectivity index (χ1n) is 8.45. The van der Waals surface area contributed by atoms with Crippen LogP contribution < -0.4 is 4.74 Å². The van der Waals surface area contributed by atoms with Gasteiger partial charge in [0, 0.05) is 25.2 Å². The summed E-state index contributed by atoms with van der Waals surface area (Å²) in [6, 6.07) is 7.80. The van der Waals surface area contributed by atoms with E-state index in [0.717, 1.165) is 43.1 Å². The van der Waals surface area contributed by atoms with Crippen LogP contribution in [0.25, 0.3) is 11.4 Å². The second-order valence-corrected chi connectivity index (χ2v) is 6.59. The summed E-state index contributed by atoms with van der Waals surface area (Å²) < 4.78 is 9.75. The van der Waals surface area contributed by atoms with E-state index in [1.807, 2.05) is 39.6 Å². The number of aliphatic hydroxyl groups excluding tert-OH is 1. The van der Waals surface area contributed by atoms with Crippen LogP contribution in [0.3, 0.4) is 0 Å². The fourth-order valence-electron chi connectivity index (χ4n) is 3.03. The van der Waals surface area contributed by atoms with Gasteiger partial charge >= 0.3 is 0 Å². The molecule has 1 fully saturated rings. The molecule has 1 saturated heterocycles. The summed E-state index contributed by atoms with van der Waals surface area (Å²) >= 11 is 5.63. The van der Waals surface area contributed by atoms with E-state index in [9.17, 15) is 5.11 Å². The second kappa shape index (κ2) is 7.95. The van der Waals surface area contributed by atoms with Crippen molar-refractivity contribution in [1.82, 2.24) is 19.2 Å². The third-order valence-electron chi connectivity index (χ3n) is 4.47. The van der Waals surface area contributed by atoms with Gasteiger partial charge < -0.3 is 9.84 Å². The van der Waals surface area contributed by atoms with Crippen molar-refractivity contribution in [2.24, 2.45) is 0 Å². The molecule has 3 rings (SSSR count). The number of likely N-dealkylation sites (tertiary alicyclic amines) is 1. The molecule has 1 aliphatic rings. The first-order chi connectivity index (χ1) is 12.1.